The molecule has 0 atom stereocenters. The summed E-state index contributed by atoms with van der Waals surface area (Å²) in [6.07, 6.45) is 0. The van der Waals surface area contributed by atoms with Crippen LogP contribution in [0.1, 0.15) is 22.3 Å². The number of thiophene rings is 1. The van der Waals surface area contributed by atoms with Gasteiger partial charge in [0.25, 0.3) is 0 Å². The molecule has 0 saturated carbocycles. The Balaban J connectivity index is 1.10. The first-order valence-electron chi connectivity index (χ1n) is 21.1. The Labute approximate surface area is 359 Å². The van der Waals surface area contributed by atoms with Gasteiger partial charge in [-0.05, 0) is 103 Å². The van der Waals surface area contributed by atoms with E-state index in [1.54, 1.807) is 0 Å². The van der Waals surface area contributed by atoms with Crippen molar-refractivity contribution in [1.82, 2.24) is 0 Å². The molecule has 61 heavy (non-hydrogen) atoms. The molecule has 0 amide bonds. The maximum Gasteiger partial charge on any atom is 0.0726 e. The highest BCUT2D eigenvalue weighted by Gasteiger charge is 2.52. The quantitative estimate of drug-likeness (QED) is 0.168. The van der Waals surface area contributed by atoms with E-state index in [2.05, 4.69) is 229 Å². The summed E-state index contributed by atoms with van der Waals surface area (Å²) in [7, 11) is 0. The third-order valence-corrected chi connectivity index (χ3v) is 14.4. The van der Waals surface area contributed by atoms with Crippen LogP contribution in [0, 0.1) is 0 Å². The summed E-state index contributed by atoms with van der Waals surface area (Å²) in [6.45, 7) is 0. The number of benzene rings is 10. The van der Waals surface area contributed by atoms with Crippen LogP contribution in [-0.2, 0) is 5.41 Å². The number of nitrogens with zero attached hydrogens (tertiary/aromatic N) is 1. The van der Waals surface area contributed by atoms with Gasteiger partial charge in [0, 0.05) is 37.0 Å². The number of rotatable bonds is 5. The Morgan fingerprint density at radius 2 is 0.885 bits per heavy atom. The SMILES string of the molecule is c1ccc(-c2c(N(c3ccc(-c4cccc5sc6ccccc6c45)cc3)c3cccc4c3-c3ccccc3C43c4ccccc4-c4ccccc43)ccc3ccccc23)cc1. The second kappa shape index (κ2) is 13.2. The Bertz CT molecular complexity index is 3490. The minimum atomic E-state index is -0.446. The summed E-state index contributed by atoms with van der Waals surface area (Å²) in [5, 5.41) is 5.09. The van der Waals surface area contributed by atoms with Crippen LogP contribution >= 0.6 is 11.3 Å². The van der Waals surface area contributed by atoms with Gasteiger partial charge in [-0.25, -0.2) is 0 Å². The summed E-state index contributed by atoms with van der Waals surface area (Å²) < 4.78 is 2.64. The van der Waals surface area contributed by atoms with Crippen molar-refractivity contribution >= 4 is 59.3 Å². The van der Waals surface area contributed by atoms with E-state index in [4.69, 9.17) is 0 Å². The molecule has 1 nitrogen and oxygen atoms in total. The second-order valence-electron chi connectivity index (χ2n) is 16.3. The van der Waals surface area contributed by atoms with Crippen molar-refractivity contribution in [3.63, 3.8) is 0 Å². The highest BCUT2D eigenvalue weighted by atomic mass is 32.1. The lowest BCUT2D eigenvalue weighted by Gasteiger charge is -2.32. The molecular weight excluding hydrogens is 755 g/mol. The van der Waals surface area contributed by atoms with Gasteiger partial charge < -0.3 is 4.90 Å². The molecule has 1 aromatic heterocycles. The van der Waals surface area contributed by atoms with Crippen LogP contribution in [0.4, 0.5) is 17.1 Å². The fraction of sp³-hybridized carbons (Fsp3) is 0.0169. The van der Waals surface area contributed by atoms with Crippen LogP contribution in [0.2, 0.25) is 0 Å². The summed E-state index contributed by atoms with van der Waals surface area (Å²) in [6, 6.07) is 83.6. The molecule has 0 aliphatic heterocycles. The van der Waals surface area contributed by atoms with Gasteiger partial charge in [-0.2, -0.15) is 0 Å². The minimum Gasteiger partial charge on any atom is -0.309 e. The monoisotopic (exact) mass is 791 g/mol. The predicted octanol–water partition coefficient (Wildman–Crippen LogP) is 16.4. The van der Waals surface area contributed by atoms with Crippen molar-refractivity contribution in [3.8, 4) is 44.5 Å². The van der Waals surface area contributed by atoms with Gasteiger partial charge in [0.2, 0.25) is 0 Å². The molecule has 0 unspecified atom stereocenters. The average molecular weight is 792 g/mol. The fourth-order valence-corrected chi connectivity index (χ4v) is 12.0. The molecule has 284 valence electrons. The Hall–Kier alpha value is -7.52. The van der Waals surface area contributed by atoms with E-state index >= 15 is 0 Å². The van der Waals surface area contributed by atoms with E-state index in [0.29, 0.717) is 0 Å². The van der Waals surface area contributed by atoms with Crippen LogP contribution < -0.4 is 4.90 Å². The average Bonchev–Trinajstić information content (AvgIpc) is 3.97. The summed E-state index contributed by atoms with van der Waals surface area (Å²) in [5.41, 5.74) is 18.4. The first-order chi connectivity index (χ1) is 30.3. The van der Waals surface area contributed by atoms with Crippen molar-refractivity contribution in [1.29, 1.82) is 0 Å². The summed E-state index contributed by atoms with van der Waals surface area (Å²) in [4.78, 5) is 2.54. The standard InChI is InChI=1S/C59H37NS/c1-2-17-40(18-3-1)56-42-19-5-4-16-38(42)34-37-53(56)60(41-35-32-39(33-36-41)43-24-14-31-55-57(43)47-23-9-13-30-54(47)61-55)52-29-15-28-51-58(52)46-22-8-12-27-50(46)59(51)48-25-10-6-20-44(48)45-21-7-11-26-49(45)59/h1-37H. The third-order valence-electron chi connectivity index (χ3n) is 13.3. The van der Waals surface area contributed by atoms with E-state index in [-0.39, 0.29) is 0 Å². The predicted molar refractivity (Wildman–Crippen MR) is 259 cm³/mol. The lowest BCUT2D eigenvalue weighted by Crippen LogP contribution is -2.26. The van der Waals surface area contributed by atoms with Crippen molar-refractivity contribution in [2.24, 2.45) is 0 Å². The second-order valence-corrected chi connectivity index (χ2v) is 17.4. The first-order valence-corrected chi connectivity index (χ1v) is 21.9. The van der Waals surface area contributed by atoms with E-state index in [1.807, 2.05) is 11.3 Å². The van der Waals surface area contributed by atoms with E-state index in [1.165, 1.54) is 97.7 Å². The Morgan fingerprint density at radius 1 is 0.328 bits per heavy atom. The molecule has 0 fully saturated rings. The topological polar surface area (TPSA) is 3.24 Å². The van der Waals surface area contributed by atoms with Gasteiger partial charge in [0.05, 0.1) is 16.8 Å². The molecule has 2 aliphatic rings. The normalized spacial score (nSPS) is 13.0. The molecule has 0 N–H and O–H groups in total. The van der Waals surface area contributed by atoms with Gasteiger partial charge in [-0.3, -0.25) is 0 Å². The molecule has 10 aromatic carbocycles. The molecule has 2 heteroatoms. The Morgan fingerprint density at radius 3 is 1.66 bits per heavy atom. The van der Waals surface area contributed by atoms with Gasteiger partial charge in [0.1, 0.15) is 0 Å². The Kier molecular flexibility index (Phi) is 7.46. The zero-order valence-electron chi connectivity index (χ0n) is 33.2. The van der Waals surface area contributed by atoms with Crippen LogP contribution in [0.5, 0.6) is 0 Å². The molecule has 11 aromatic rings. The van der Waals surface area contributed by atoms with Gasteiger partial charge in [0.15, 0.2) is 0 Å². The maximum atomic E-state index is 2.54. The largest absolute Gasteiger partial charge is 0.309 e. The zero-order valence-corrected chi connectivity index (χ0v) is 34.0. The van der Waals surface area contributed by atoms with E-state index in [0.717, 1.165) is 17.1 Å². The van der Waals surface area contributed by atoms with Crippen LogP contribution in [0.15, 0.2) is 224 Å². The number of hydrogen-bond donors (Lipinski definition) is 0. The molecule has 1 spiro atoms. The van der Waals surface area contributed by atoms with Crippen LogP contribution in [0.25, 0.3) is 75.5 Å². The number of fused-ring (bicyclic) bond motifs is 14. The minimum absolute atomic E-state index is 0.446. The summed E-state index contributed by atoms with van der Waals surface area (Å²) in [5.74, 6) is 0. The molecule has 13 rings (SSSR count). The van der Waals surface area contributed by atoms with E-state index in [9.17, 15) is 0 Å². The van der Waals surface area contributed by atoms with Crippen LogP contribution in [-0.4, -0.2) is 0 Å². The highest BCUT2D eigenvalue weighted by Crippen LogP contribution is 2.65. The lowest BCUT2D eigenvalue weighted by atomic mass is 9.70. The van der Waals surface area contributed by atoms with Crippen molar-refractivity contribution < 1.29 is 0 Å². The van der Waals surface area contributed by atoms with Crippen molar-refractivity contribution in [3.05, 3.63) is 247 Å². The van der Waals surface area contributed by atoms with Gasteiger partial charge >= 0.3 is 0 Å². The van der Waals surface area contributed by atoms with Crippen molar-refractivity contribution in [2.75, 3.05) is 4.90 Å². The maximum absolute atomic E-state index is 2.54. The van der Waals surface area contributed by atoms with E-state index < -0.39 is 5.41 Å². The third kappa shape index (κ3) is 4.83. The van der Waals surface area contributed by atoms with Crippen molar-refractivity contribution in [2.45, 2.75) is 5.41 Å². The smallest absolute Gasteiger partial charge is 0.0726 e. The molecular formula is C59H37NS. The number of anilines is 3. The first kappa shape index (κ1) is 34.4. The highest BCUT2D eigenvalue weighted by molar-refractivity contribution is 7.25. The van der Waals surface area contributed by atoms with Crippen LogP contribution in [0.3, 0.4) is 0 Å². The molecule has 0 saturated heterocycles. The summed E-state index contributed by atoms with van der Waals surface area (Å²) >= 11 is 1.87. The van der Waals surface area contributed by atoms with Gasteiger partial charge in [-0.1, -0.05) is 188 Å². The fourth-order valence-electron chi connectivity index (χ4n) is 10.9. The zero-order chi connectivity index (χ0) is 40.1. The molecule has 0 radical (unpaired) electrons. The molecule has 1 heterocycles. The number of hydrogen-bond acceptors (Lipinski definition) is 2. The molecule has 0 bridgehead atoms. The van der Waals surface area contributed by atoms with Gasteiger partial charge in [-0.15, -0.1) is 11.3 Å². The molecule has 2 aliphatic carbocycles. The lowest BCUT2D eigenvalue weighted by molar-refractivity contribution is 0.794.